The van der Waals surface area contributed by atoms with Crippen LogP contribution in [0.2, 0.25) is 0 Å². The maximum atomic E-state index is 5.50. The Balaban J connectivity index is 0.000000208. The lowest BCUT2D eigenvalue weighted by Crippen LogP contribution is -2.19. The van der Waals surface area contributed by atoms with E-state index in [4.69, 9.17) is 9.47 Å². The summed E-state index contributed by atoms with van der Waals surface area (Å²) in [6.07, 6.45) is 13.6. The Kier molecular flexibility index (Phi) is 13.6. The number of fused-ring (bicyclic) bond motifs is 2. The molecule has 0 aromatic rings. The van der Waals surface area contributed by atoms with E-state index in [1.807, 2.05) is 13.8 Å². The largest absolute Gasteiger partial charge is 0.385 e. The summed E-state index contributed by atoms with van der Waals surface area (Å²) in [5.74, 6) is 2.86. The molecule has 2 saturated carbocycles. The highest BCUT2D eigenvalue weighted by atomic mass is 16.6. The fraction of sp³-hybridized carbons (Fsp3) is 1.00. The van der Waals surface area contributed by atoms with Gasteiger partial charge in [0.05, 0.1) is 24.4 Å². The number of methoxy groups -OCH3 is 2. The average Bonchev–Trinajstić information content (AvgIpc) is 3.66. The van der Waals surface area contributed by atoms with E-state index in [0.717, 1.165) is 31.0 Å². The summed E-state index contributed by atoms with van der Waals surface area (Å²) in [6.45, 7) is 12.5. The van der Waals surface area contributed by atoms with Crippen LogP contribution < -0.4 is 0 Å². The van der Waals surface area contributed by atoms with Crippen molar-refractivity contribution in [2.75, 3.05) is 27.4 Å². The van der Waals surface area contributed by atoms with Crippen LogP contribution in [-0.4, -0.2) is 51.8 Å². The van der Waals surface area contributed by atoms with Gasteiger partial charge in [0.2, 0.25) is 0 Å². The fourth-order valence-electron chi connectivity index (χ4n) is 4.14. The maximum absolute atomic E-state index is 5.50. The fourth-order valence-corrected chi connectivity index (χ4v) is 4.14. The smallest absolute Gasteiger partial charge is 0.0844 e. The van der Waals surface area contributed by atoms with Crippen molar-refractivity contribution in [3.63, 3.8) is 0 Å². The monoisotopic (exact) mass is 400 g/mol. The Morgan fingerprint density at radius 3 is 1.64 bits per heavy atom. The van der Waals surface area contributed by atoms with Gasteiger partial charge in [0.1, 0.15) is 0 Å². The predicted octanol–water partition coefficient (Wildman–Crippen LogP) is 5.87. The van der Waals surface area contributed by atoms with E-state index in [2.05, 4.69) is 30.2 Å². The molecule has 2 aliphatic carbocycles. The van der Waals surface area contributed by atoms with E-state index in [1.165, 1.54) is 51.4 Å². The minimum atomic E-state index is 0.669. The Morgan fingerprint density at radius 2 is 1.25 bits per heavy atom. The molecule has 2 saturated heterocycles. The lowest BCUT2D eigenvalue weighted by molar-refractivity contribution is 0.215. The Labute approximate surface area is 175 Å². The molecule has 0 amide bonds. The second-order valence-electron chi connectivity index (χ2n) is 8.63. The van der Waals surface area contributed by atoms with Gasteiger partial charge in [0, 0.05) is 27.4 Å². The molecule has 2 heterocycles. The molecule has 7 atom stereocenters. The summed E-state index contributed by atoms with van der Waals surface area (Å²) in [7, 11) is 3.36. The Morgan fingerprint density at radius 1 is 0.750 bits per heavy atom. The van der Waals surface area contributed by atoms with Crippen LogP contribution in [0.25, 0.3) is 0 Å². The zero-order chi connectivity index (χ0) is 20.9. The van der Waals surface area contributed by atoms with Crippen molar-refractivity contribution in [1.29, 1.82) is 0 Å². The van der Waals surface area contributed by atoms with Crippen LogP contribution in [0.5, 0.6) is 0 Å². The van der Waals surface area contributed by atoms with Gasteiger partial charge in [-0.15, -0.1) is 0 Å². The highest BCUT2D eigenvalue weighted by Gasteiger charge is 2.44. The highest BCUT2D eigenvalue weighted by molar-refractivity contribution is 4.93. The molecular weight excluding hydrogens is 352 g/mol. The molecule has 4 rings (SSSR count). The van der Waals surface area contributed by atoms with Crippen LogP contribution in [0, 0.1) is 17.8 Å². The number of rotatable bonds is 5. The number of hydrogen-bond donors (Lipinski definition) is 0. The summed E-state index contributed by atoms with van der Waals surface area (Å²) in [4.78, 5) is 0. The van der Waals surface area contributed by atoms with Gasteiger partial charge < -0.3 is 18.9 Å². The molecule has 0 aromatic heterocycles. The van der Waals surface area contributed by atoms with Crippen molar-refractivity contribution < 1.29 is 18.9 Å². The summed E-state index contributed by atoms with van der Waals surface area (Å²) in [5.41, 5.74) is 0. The van der Waals surface area contributed by atoms with Crippen molar-refractivity contribution >= 4 is 0 Å². The molecule has 2 aliphatic heterocycles. The minimum Gasteiger partial charge on any atom is -0.385 e. The molecular formula is C24H48O4. The van der Waals surface area contributed by atoms with Crippen molar-refractivity contribution in [3.8, 4) is 0 Å². The minimum absolute atomic E-state index is 0.669. The molecule has 0 radical (unpaired) electrons. The van der Waals surface area contributed by atoms with E-state index >= 15 is 0 Å². The van der Waals surface area contributed by atoms with Crippen LogP contribution in [0.1, 0.15) is 86.0 Å². The molecule has 0 N–H and O–H groups in total. The molecule has 4 nitrogen and oxygen atoms in total. The summed E-state index contributed by atoms with van der Waals surface area (Å²) >= 11 is 0. The first-order valence-electron chi connectivity index (χ1n) is 11.8. The number of epoxide rings is 2. The second kappa shape index (κ2) is 14.8. The topological polar surface area (TPSA) is 43.5 Å². The zero-order valence-electron chi connectivity index (χ0n) is 19.7. The van der Waals surface area contributed by atoms with Gasteiger partial charge in [-0.2, -0.15) is 0 Å². The van der Waals surface area contributed by atoms with Gasteiger partial charge in [0.25, 0.3) is 0 Å². The van der Waals surface area contributed by atoms with Crippen molar-refractivity contribution in [1.82, 2.24) is 0 Å². The third-order valence-electron chi connectivity index (χ3n) is 6.76. The molecule has 4 fully saturated rings. The first kappa shape index (κ1) is 25.9. The van der Waals surface area contributed by atoms with Gasteiger partial charge >= 0.3 is 0 Å². The molecule has 0 bridgehead atoms. The molecule has 28 heavy (non-hydrogen) atoms. The average molecular weight is 401 g/mol. The van der Waals surface area contributed by atoms with E-state index in [-0.39, 0.29) is 0 Å². The molecule has 168 valence electrons. The lowest BCUT2D eigenvalue weighted by Gasteiger charge is -2.24. The van der Waals surface area contributed by atoms with Crippen LogP contribution in [-0.2, 0) is 18.9 Å². The lowest BCUT2D eigenvalue weighted by atomic mass is 9.80. The molecule has 4 aliphatic rings. The van der Waals surface area contributed by atoms with Gasteiger partial charge in [-0.05, 0) is 70.1 Å². The van der Waals surface area contributed by atoms with Gasteiger partial charge in [-0.3, -0.25) is 0 Å². The van der Waals surface area contributed by atoms with Gasteiger partial charge in [0.15, 0.2) is 0 Å². The third kappa shape index (κ3) is 10.0. The predicted molar refractivity (Wildman–Crippen MR) is 117 cm³/mol. The summed E-state index contributed by atoms with van der Waals surface area (Å²) in [6, 6.07) is 0. The van der Waals surface area contributed by atoms with Gasteiger partial charge in [-0.1, -0.05) is 33.6 Å². The number of hydrogen-bond acceptors (Lipinski definition) is 4. The van der Waals surface area contributed by atoms with E-state index < -0.39 is 0 Å². The SMILES string of the molecule is CCC(C)C1CCC2OC2C1.CCC1CCC2OC2C1.CCOC.CCOC. The Hall–Kier alpha value is -0.160. The van der Waals surface area contributed by atoms with Crippen molar-refractivity contribution in [3.05, 3.63) is 0 Å². The quantitative estimate of drug-likeness (QED) is 0.541. The van der Waals surface area contributed by atoms with Crippen LogP contribution in [0.3, 0.4) is 0 Å². The normalized spacial score (nSPS) is 35.2. The maximum Gasteiger partial charge on any atom is 0.0844 e. The summed E-state index contributed by atoms with van der Waals surface area (Å²) < 4.78 is 20.0. The van der Waals surface area contributed by atoms with E-state index in [1.54, 1.807) is 14.2 Å². The van der Waals surface area contributed by atoms with Crippen LogP contribution >= 0.6 is 0 Å². The first-order valence-corrected chi connectivity index (χ1v) is 11.8. The summed E-state index contributed by atoms with van der Waals surface area (Å²) in [5, 5.41) is 0. The third-order valence-corrected chi connectivity index (χ3v) is 6.76. The van der Waals surface area contributed by atoms with E-state index in [9.17, 15) is 0 Å². The van der Waals surface area contributed by atoms with Crippen LogP contribution in [0.4, 0.5) is 0 Å². The first-order chi connectivity index (χ1) is 13.5. The Bertz CT molecular complexity index is 368. The standard InChI is InChI=1S/C10H18O.C8H14O.2C3H8O/c1-3-7(2)8-4-5-9-10(6-8)11-9;1-2-6-3-4-7-8(5-6)9-7;2*1-3-4-2/h7-10H,3-6H2,1-2H3;6-8H,2-5H2,1H3;2*3H2,1-2H3. The van der Waals surface area contributed by atoms with E-state index in [0.29, 0.717) is 24.4 Å². The molecule has 0 aromatic carbocycles. The molecule has 7 unspecified atom stereocenters. The van der Waals surface area contributed by atoms with Crippen molar-refractivity contribution in [2.24, 2.45) is 17.8 Å². The molecule has 4 heteroatoms. The number of ether oxygens (including phenoxy) is 4. The van der Waals surface area contributed by atoms with Gasteiger partial charge in [-0.25, -0.2) is 0 Å². The zero-order valence-corrected chi connectivity index (χ0v) is 19.7. The van der Waals surface area contributed by atoms with Crippen molar-refractivity contribution in [2.45, 2.75) is 110 Å². The van der Waals surface area contributed by atoms with Crippen LogP contribution in [0.15, 0.2) is 0 Å². The highest BCUT2D eigenvalue weighted by Crippen LogP contribution is 2.42. The second-order valence-corrected chi connectivity index (χ2v) is 8.63. The molecule has 0 spiro atoms.